The van der Waals surface area contributed by atoms with Gasteiger partial charge in [0, 0.05) is 5.39 Å². The minimum atomic E-state index is -0.430. The average Bonchev–Trinajstić information content (AvgIpc) is 3.33. The fraction of sp³-hybridized carbons (Fsp3) is 0.409. The Bertz CT molecular complexity index is 1140. The molecule has 0 atom stereocenters. The second kappa shape index (κ2) is 5.91. The predicted molar refractivity (Wildman–Crippen MR) is 111 cm³/mol. The SMILES string of the molecule is CC1(C)OB(c2ccc3cnn(-c4cccc(C5(C#N)CC5)n4)c3c2)OC1(C)C. The Labute approximate surface area is 170 Å². The molecule has 3 heterocycles. The molecule has 2 aliphatic rings. The van der Waals surface area contributed by atoms with E-state index in [2.05, 4.69) is 17.2 Å². The third-order valence-electron chi connectivity index (χ3n) is 6.53. The number of nitriles is 1. The van der Waals surface area contributed by atoms with E-state index in [-0.39, 0.29) is 0 Å². The summed E-state index contributed by atoms with van der Waals surface area (Å²) in [5.41, 5.74) is 1.50. The van der Waals surface area contributed by atoms with Crippen molar-refractivity contribution in [3.8, 4) is 11.9 Å². The molecular formula is C22H23BN4O2. The third-order valence-corrected chi connectivity index (χ3v) is 6.53. The molecule has 29 heavy (non-hydrogen) atoms. The largest absolute Gasteiger partial charge is 0.494 e. The van der Waals surface area contributed by atoms with Crippen LogP contribution in [0.5, 0.6) is 0 Å². The Hall–Kier alpha value is -2.69. The van der Waals surface area contributed by atoms with Gasteiger partial charge in [-0.15, -0.1) is 0 Å². The second-order valence-electron chi connectivity index (χ2n) is 9.04. The molecule has 5 rings (SSSR count). The van der Waals surface area contributed by atoms with Gasteiger partial charge in [-0.2, -0.15) is 10.4 Å². The van der Waals surface area contributed by atoms with E-state index in [9.17, 15) is 5.26 Å². The highest BCUT2D eigenvalue weighted by Crippen LogP contribution is 2.46. The van der Waals surface area contributed by atoms with Crippen molar-refractivity contribution in [2.24, 2.45) is 0 Å². The molecule has 1 aromatic carbocycles. The van der Waals surface area contributed by atoms with Gasteiger partial charge in [-0.1, -0.05) is 18.2 Å². The van der Waals surface area contributed by atoms with Crippen molar-refractivity contribution in [2.45, 2.75) is 57.2 Å². The van der Waals surface area contributed by atoms with Crippen LogP contribution in [0.15, 0.2) is 42.6 Å². The van der Waals surface area contributed by atoms with Crippen LogP contribution in [0.1, 0.15) is 46.2 Å². The summed E-state index contributed by atoms with van der Waals surface area (Å²) in [5.74, 6) is 0.713. The number of benzene rings is 1. The quantitative estimate of drug-likeness (QED) is 0.646. The van der Waals surface area contributed by atoms with E-state index < -0.39 is 23.7 Å². The standard InChI is InChI=1S/C22H23BN4O2/c1-20(2)21(3,4)29-23(28-20)16-9-8-15-13-25-27(17(15)12-16)19-7-5-6-18(26-19)22(14-24)10-11-22/h5-9,12-13H,10-11H2,1-4H3. The smallest absolute Gasteiger partial charge is 0.399 e. The van der Waals surface area contributed by atoms with E-state index in [1.165, 1.54) is 0 Å². The summed E-state index contributed by atoms with van der Waals surface area (Å²) >= 11 is 0. The van der Waals surface area contributed by atoms with Gasteiger partial charge in [-0.25, -0.2) is 9.67 Å². The number of pyridine rings is 1. The van der Waals surface area contributed by atoms with Crippen molar-refractivity contribution in [1.82, 2.24) is 14.8 Å². The highest BCUT2D eigenvalue weighted by molar-refractivity contribution is 6.62. The monoisotopic (exact) mass is 386 g/mol. The zero-order valence-corrected chi connectivity index (χ0v) is 17.1. The van der Waals surface area contributed by atoms with Crippen LogP contribution in [0.2, 0.25) is 0 Å². The molecule has 1 aliphatic heterocycles. The van der Waals surface area contributed by atoms with Gasteiger partial charge in [0.05, 0.1) is 40.1 Å². The molecule has 0 amide bonds. The van der Waals surface area contributed by atoms with E-state index in [1.807, 2.05) is 68.9 Å². The van der Waals surface area contributed by atoms with E-state index in [1.54, 1.807) is 0 Å². The number of nitrogens with zero attached hydrogens (tertiary/aromatic N) is 4. The summed E-state index contributed by atoms with van der Waals surface area (Å²) < 4.78 is 14.2. The van der Waals surface area contributed by atoms with Crippen LogP contribution < -0.4 is 5.46 Å². The molecule has 1 saturated carbocycles. The summed E-state index contributed by atoms with van der Waals surface area (Å²) in [7, 11) is -0.430. The van der Waals surface area contributed by atoms with Crippen LogP contribution in [0, 0.1) is 11.3 Å². The first-order chi connectivity index (χ1) is 13.7. The van der Waals surface area contributed by atoms with E-state index in [0.717, 1.165) is 34.9 Å². The predicted octanol–water partition coefficient (Wildman–Crippen LogP) is 3.27. The number of rotatable bonds is 3. The van der Waals surface area contributed by atoms with Gasteiger partial charge >= 0.3 is 7.12 Å². The molecule has 7 heteroatoms. The Morgan fingerprint density at radius 1 is 1.07 bits per heavy atom. The third kappa shape index (κ3) is 2.78. The molecule has 6 nitrogen and oxygen atoms in total. The highest BCUT2D eigenvalue weighted by Gasteiger charge is 2.51. The zero-order chi connectivity index (χ0) is 20.4. The summed E-state index contributed by atoms with van der Waals surface area (Å²) in [6.45, 7) is 8.20. The van der Waals surface area contributed by atoms with Crippen LogP contribution in [0.4, 0.5) is 0 Å². The van der Waals surface area contributed by atoms with Crippen LogP contribution in [0.3, 0.4) is 0 Å². The van der Waals surface area contributed by atoms with Crippen molar-refractivity contribution in [3.05, 3.63) is 48.3 Å². The molecule has 1 aliphatic carbocycles. The first-order valence-corrected chi connectivity index (χ1v) is 9.97. The first kappa shape index (κ1) is 18.4. The minimum absolute atomic E-state index is 0.390. The van der Waals surface area contributed by atoms with Crippen molar-refractivity contribution < 1.29 is 9.31 Å². The van der Waals surface area contributed by atoms with Crippen molar-refractivity contribution in [1.29, 1.82) is 5.26 Å². The Morgan fingerprint density at radius 2 is 1.79 bits per heavy atom. The van der Waals surface area contributed by atoms with Gasteiger partial charge in [0.25, 0.3) is 0 Å². The Balaban J connectivity index is 1.55. The number of hydrogen-bond acceptors (Lipinski definition) is 5. The van der Waals surface area contributed by atoms with Crippen molar-refractivity contribution in [2.75, 3.05) is 0 Å². The van der Waals surface area contributed by atoms with Gasteiger partial charge < -0.3 is 9.31 Å². The summed E-state index contributed by atoms with van der Waals surface area (Å²) in [6.07, 6.45) is 3.56. The first-order valence-electron chi connectivity index (χ1n) is 9.97. The van der Waals surface area contributed by atoms with Crippen molar-refractivity contribution in [3.63, 3.8) is 0 Å². The van der Waals surface area contributed by atoms with Crippen LogP contribution in [-0.2, 0) is 14.7 Å². The molecule has 0 N–H and O–H groups in total. The summed E-state index contributed by atoms with van der Waals surface area (Å²) in [6, 6.07) is 14.3. The fourth-order valence-corrected chi connectivity index (χ4v) is 3.70. The van der Waals surface area contributed by atoms with E-state index >= 15 is 0 Å². The molecule has 0 bridgehead atoms. The van der Waals surface area contributed by atoms with E-state index in [4.69, 9.17) is 14.3 Å². The molecular weight excluding hydrogens is 363 g/mol. The summed E-state index contributed by atoms with van der Waals surface area (Å²) in [4.78, 5) is 4.76. The number of hydrogen-bond donors (Lipinski definition) is 0. The molecule has 0 unspecified atom stereocenters. The van der Waals surface area contributed by atoms with E-state index in [0.29, 0.717) is 5.82 Å². The van der Waals surface area contributed by atoms with Gasteiger partial charge in [0.1, 0.15) is 0 Å². The lowest BCUT2D eigenvalue weighted by atomic mass is 9.79. The average molecular weight is 386 g/mol. The maximum atomic E-state index is 9.51. The topological polar surface area (TPSA) is 73.0 Å². The normalized spacial score (nSPS) is 21.3. The van der Waals surface area contributed by atoms with Crippen LogP contribution >= 0.6 is 0 Å². The number of aromatic nitrogens is 3. The molecule has 1 saturated heterocycles. The molecule has 2 fully saturated rings. The number of fused-ring (bicyclic) bond motifs is 1. The van der Waals surface area contributed by atoms with Gasteiger partial charge in [-0.05, 0) is 64.2 Å². The zero-order valence-electron chi connectivity index (χ0n) is 17.1. The molecule has 0 spiro atoms. The van der Waals surface area contributed by atoms with Gasteiger partial charge in [-0.3, -0.25) is 0 Å². The molecule has 0 radical (unpaired) electrons. The van der Waals surface area contributed by atoms with Crippen LogP contribution in [-0.4, -0.2) is 33.1 Å². The Kier molecular flexibility index (Phi) is 3.74. The van der Waals surface area contributed by atoms with Crippen molar-refractivity contribution >= 4 is 23.5 Å². The molecule has 3 aromatic rings. The molecule has 146 valence electrons. The van der Waals surface area contributed by atoms with Gasteiger partial charge in [0.2, 0.25) is 0 Å². The lowest BCUT2D eigenvalue weighted by molar-refractivity contribution is 0.00578. The fourth-order valence-electron chi connectivity index (χ4n) is 3.70. The second-order valence-corrected chi connectivity index (χ2v) is 9.04. The lowest BCUT2D eigenvalue weighted by Crippen LogP contribution is -2.41. The highest BCUT2D eigenvalue weighted by atomic mass is 16.7. The molecule has 2 aromatic heterocycles. The Morgan fingerprint density at radius 3 is 2.45 bits per heavy atom. The van der Waals surface area contributed by atoms with Gasteiger partial charge in [0.15, 0.2) is 5.82 Å². The maximum Gasteiger partial charge on any atom is 0.494 e. The minimum Gasteiger partial charge on any atom is -0.399 e. The summed E-state index contributed by atoms with van der Waals surface area (Å²) in [5, 5.41) is 15.1. The lowest BCUT2D eigenvalue weighted by Gasteiger charge is -2.32. The maximum absolute atomic E-state index is 9.51. The van der Waals surface area contributed by atoms with Crippen LogP contribution in [0.25, 0.3) is 16.7 Å².